The van der Waals surface area contributed by atoms with Crippen LogP contribution in [0.3, 0.4) is 0 Å². The summed E-state index contributed by atoms with van der Waals surface area (Å²) in [7, 11) is 1.35. The van der Waals surface area contributed by atoms with Crippen LogP contribution in [0.4, 0.5) is 0 Å². The summed E-state index contributed by atoms with van der Waals surface area (Å²) in [6.07, 6.45) is 3.43. The second-order valence-electron chi connectivity index (χ2n) is 2.43. The third kappa shape index (κ3) is 2.10. The van der Waals surface area contributed by atoms with Crippen molar-refractivity contribution >= 4 is 5.97 Å². The number of carbonyl (C=O) groups excluding carboxylic acids is 1. The molecule has 0 aliphatic carbocycles. The first-order chi connectivity index (χ1) is 5.76. The zero-order chi connectivity index (χ0) is 8.97. The lowest BCUT2D eigenvalue weighted by molar-refractivity contribution is -0.141. The molecule has 1 aromatic rings. The highest BCUT2D eigenvalue weighted by atomic mass is 16.5. The van der Waals surface area contributed by atoms with Crippen LogP contribution in [-0.2, 0) is 22.7 Å². The molecule has 4 nitrogen and oxygen atoms in total. The molecule has 4 heteroatoms. The highest BCUT2D eigenvalue weighted by Gasteiger charge is 2.01. The van der Waals surface area contributed by atoms with Crippen molar-refractivity contribution < 1.29 is 14.6 Å². The lowest BCUT2D eigenvalue weighted by atomic mass is 10.4. The van der Waals surface area contributed by atoms with Gasteiger partial charge in [-0.2, -0.15) is 0 Å². The molecule has 0 atom stereocenters. The smallest absolute Gasteiger partial charge is 0.325 e. The van der Waals surface area contributed by atoms with Gasteiger partial charge in [-0.25, -0.2) is 0 Å². The van der Waals surface area contributed by atoms with Crippen molar-refractivity contribution in [2.75, 3.05) is 7.11 Å². The van der Waals surface area contributed by atoms with Gasteiger partial charge in [0.1, 0.15) is 6.54 Å². The highest BCUT2D eigenvalue weighted by molar-refractivity contribution is 5.68. The van der Waals surface area contributed by atoms with Crippen LogP contribution in [0.25, 0.3) is 0 Å². The SMILES string of the molecule is COC(=O)Cn1ccc(CO)c1. The zero-order valence-corrected chi connectivity index (χ0v) is 6.86. The molecule has 0 unspecified atom stereocenters. The normalized spacial score (nSPS) is 9.83. The van der Waals surface area contributed by atoms with Gasteiger partial charge in [0, 0.05) is 12.4 Å². The second kappa shape index (κ2) is 3.92. The van der Waals surface area contributed by atoms with Crippen LogP contribution in [-0.4, -0.2) is 22.8 Å². The number of aromatic nitrogens is 1. The Balaban J connectivity index is 2.58. The van der Waals surface area contributed by atoms with E-state index in [9.17, 15) is 4.79 Å². The topological polar surface area (TPSA) is 51.5 Å². The zero-order valence-electron chi connectivity index (χ0n) is 6.86. The van der Waals surface area contributed by atoms with Crippen molar-refractivity contribution in [1.82, 2.24) is 4.57 Å². The maximum Gasteiger partial charge on any atom is 0.325 e. The Kier molecular flexibility index (Phi) is 2.88. The van der Waals surface area contributed by atoms with Crippen LogP contribution >= 0.6 is 0 Å². The summed E-state index contributed by atoms with van der Waals surface area (Å²) in [4.78, 5) is 10.8. The van der Waals surface area contributed by atoms with Gasteiger partial charge in [-0.1, -0.05) is 0 Å². The Morgan fingerprint density at radius 2 is 2.50 bits per heavy atom. The quantitative estimate of drug-likeness (QED) is 0.655. The van der Waals surface area contributed by atoms with Crippen LogP contribution in [0, 0.1) is 0 Å². The van der Waals surface area contributed by atoms with E-state index in [4.69, 9.17) is 5.11 Å². The first-order valence-corrected chi connectivity index (χ1v) is 3.58. The number of esters is 1. The van der Waals surface area contributed by atoms with Gasteiger partial charge in [-0.05, 0) is 11.6 Å². The Bertz CT molecular complexity index is 267. The molecule has 1 aromatic heterocycles. The number of aliphatic hydroxyl groups is 1. The third-order valence-electron chi connectivity index (χ3n) is 1.53. The maximum absolute atomic E-state index is 10.8. The van der Waals surface area contributed by atoms with E-state index in [1.54, 1.807) is 23.0 Å². The average molecular weight is 169 g/mol. The van der Waals surface area contributed by atoms with Gasteiger partial charge >= 0.3 is 5.97 Å². The van der Waals surface area contributed by atoms with Crippen molar-refractivity contribution in [3.8, 4) is 0 Å². The predicted octanol–water partition coefficient (Wildman–Crippen LogP) is 0.153. The van der Waals surface area contributed by atoms with E-state index in [1.807, 2.05) is 0 Å². The summed E-state index contributed by atoms with van der Waals surface area (Å²) in [5, 5.41) is 8.71. The molecule has 12 heavy (non-hydrogen) atoms. The van der Waals surface area contributed by atoms with Gasteiger partial charge in [0.25, 0.3) is 0 Å². The van der Waals surface area contributed by atoms with Crippen LogP contribution in [0.15, 0.2) is 18.5 Å². The molecule has 1 heterocycles. The highest BCUT2D eigenvalue weighted by Crippen LogP contribution is 2.00. The summed E-state index contributed by atoms with van der Waals surface area (Å²) in [6, 6.07) is 1.75. The standard InChI is InChI=1S/C8H11NO3/c1-12-8(11)5-9-3-2-7(4-9)6-10/h2-4,10H,5-6H2,1H3. The minimum atomic E-state index is -0.296. The molecule has 1 rings (SSSR count). The molecule has 0 saturated heterocycles. The van der Waals surface area contributed by atoms with E-state index >= 15 is 0 Å². The minimum Gasteiger partial charge on any atom is -0.468 e. The molecule has 0 aliphatic heterocycles. The summed E-state index contributed by atoms with van der Waals surface area (Å²) >= 11 is 0. The Hall–Kier alpha value is -1.29. The van der Waals surface area contributed by atoms with Crippen molar-refractivity contribution in [3.63, 3.8) is 0 Å². The summed E-state index contributed by atoms with van der Waals surface area (Å²) < 4.78 is 6.14. The number of nitrogens with zero attached hydrogens (tertiary/aromatic N) is 1. The van der Waals surface area contributed by atoms with E-state index < -0.39 is 0 Å². The number of hydrogen-bond acceptors (Lipinski definition) is 3. The van der Waals surface area contributed by atoms with Crippen LogP contribution in [0.2, 0.25) is 0 Å². The largest absolute Gasteiger partial charge is 0.468 e. The molecule has 0 aliphatic rings. The number of carbonyl (C=O) groups is 1. The predicted molar refractivity (Wildman–Crippen MR) is 42.4 cm³/mol. The lowest BCUT2D eigenvalue weighted by Gasteiger charge is -1.99. The van der Waals surface area contributed by atoms with Crippen LogP contribution in [0.1, 0.15) is 5.56 Å². The number of rotatable bonds is 3. The molecule has 0 spiro atoms. The van der Waals surface area contributed by atoms with Gasteiger partial charge in [-0.15, -0.1) is 0 Å². The number of methoxy groups -OCH3 is 1. The molecule has 0 radical (unpaired) electrons. The Morgan fingerprint density at radius 1 is 1.75 bits per heavy atom. The average Bonchev–Trinajstić information content (AvgIpc) is 2.52. The van der Waals surface area contributed by atoms with Gasteiger partial charge in [0.2, 0.25) is 0 Å². The summed E-state index contributed by atoms with van der Waals surface area (Å²) in [6.45, 7) is 0.185. The summed E-state index contributed by atoms with van der Waals surface area (Å²) in [5.41, 5.74) is 0.791. The monoisotopic (exact) mass is 169 g/mol. The fourth-order valence-corrected chi connectivity index (χ4v) is 0.896. The van der Waals surface area contributed by atoms with Crippen LogP contribution in [0.5, 0.6) is 0 Å². The first kappa shape index (κ1) is 8.80. The number of ether oxygens (including phenoxy) is 1. The molecule has 1 N–H and O–H groups in total. The van der Waals surface area contributed by atoms with Gasteiger partial charge < -0.3 is 14.4 Å². The van der Waals surface area contributed by atoms with Crippen molar-refractivity contribution in [3.05, 3.63) is 24.0 Å². The van der Waals surface area contributed by atoms with Crippen molar-refractivity contribution in [2.24, 2.45) is 0 Å². The van der Waals surface area contributed by atoms with E-state index in [0.717, 1.165) is 5.56 Å². The Labute approximate surface area is 70.4 Å². The maximum atomic E-state index is 10.8. The van der Waals surface area contributed by atoms with Gasteiger partial charge in [-0.3, -0.25) is 4.79 Å². The molecule has 66 valence electrons. The second-order valence-corrected chi connectivity index (χ2v) is 2.43. The van der Waals surface area contributed by atoms with E-state index in [2.05, 4.69) is 4.74 Å². The molecule has 0 fully saturated rings. The molecule has 0 bridgehead atoms. The van der Waals surface area contributed by atoms with Crippen LogP contribution < -0.4 is 0 Å². The molecule has 0 saturated carbocycles. The fraction of sp³-hybridized carbons (Fsp3) is 0.375. The third-order valence-corrected chi connectivity index (χ3v) is 1.53. The molecule has 0 aromatic carbocycles. The van der Waals surface area contributed by atoms with Gasteiger partial charge in [0.05, 0.1) is 13.7 Å². The molecular weight excluding hydrogens is 158 g/mol. The number of aliphatic hydroxyl groups excluding tert-OH is 1. The van der Waals surface area contributed by atoms with E-state index in [1.165, 1.54) is 7.11 Å². The minimum absolute atomic E-state index is 0.00578. The fourth-order valence-electron chi connectivity index (χ4n) is 0.896. The summed E-state index contributed by atoms with van der Waals surface area (Å²) in [5.74, 6) is -0.296. The molecule has 0 amide bonds. The molecular formula is C8H11NO3. The van der Waals surface area contributed by atoms with Crippen molar-refractivity contribution in [1.29, 1.82) is 0 Å². The van der Waals surface area contributed by atoms with E-state index in [0.29, 0.717) is 0 Å². The first-order valence-electron chi connectivity index (χ1n) is 3.58. The number of hydrogen-bond donors (Lipinski definition) is 1. The van der Waals surface area contributed by atoms with Crippen molar-refractivity contribution in [2.45, 2.75) is 13.2 Å². The lowest BCUT2D eigenvalue weighted by Crippen LogP contribution is -2.09. The Morgan fingerprint density at radius 3 is 3.00 bits per heavy atom. The van der Waals surface area contributed by atoms with Gasteiger partial charge in [0.15, 0.2) is 0 Å². The van der Waals surface area contributed by atoms with E-state index in [-0.39, 0.29) is 19.1 Å².